The third kappa shape index (κ3) is 23.7. The molecule has 0 atom stereocenters. The van der Waals surface area contributed by atoms with Gasteiger partial charge in [-0.1, -0.05) is 0 Å². The second kappa shape index (κ2) is 11.6. The molecule has 0 fully saturated rings. The molecule has 9 nitrogen and oxygen atoms in total. The number of nitrogens with two attached hydrogens (primary N) is 1. The van der Waals surface area contributed by atoms with Gasteiger partial charge in [-0.25, -0.2) is 0 Å². The van der Waals surface area contributed by atoms with E-state index in [9.17, 15) is 4.79 Å². The fourth-order valence-corrected chi connectivity index (χ4v) is 0.463. The average Bonchev–Trinajstić information content (AvgIpc) is 1.96. The molecule has 106 valence electrons. The second-order valence-electron chi connectivity index (χ2n) is 2.53. The van der Waals surface area contributed by atoms with Crippen molar-refractivity contribution in [2.45, 2.75) is 13.8 Å². The number of carboxylic acid groups (broad SMARTS) is 2. The van der Waals surface area contributed by atoms with Crippen LogP contribution in [0.5, 0.6) is 5.88 Å². The minimum Gasteiger partial charge on any atom is -0.493 e. The van der Waals surface area contributed by atoms with E-state index in [1.165, 1.54) is 0 Å². The molecule has 1 aromatic heterocycles. The van der Waals surface area contributed by atoms with Gasteiger partial charge in [0.25, 0.3) is 17.5 Å². The van der Waals surface area contributed by atoms with Gasteiger partial charge in [0, 0.05) is 34.3 Å². The molecule has 6 N–H and O–H groups in total. The van der Waals surface area contributed by atoms with Crippen molar-refractivity contribution >= 4 is 17.9 Å². The topological polar surface area (TPSA) is 167 Å². The number of carboxylic acids is 2. The zero-order chi connectivity index (χ0) is 14.0. The third-order valence-electron chi connectivity index (χ3n) is 0.746. The van der Waals surface area contributed by atoms with E-state index in [0.29, 0.717) is 0 Å². The predicted molar refractivity (Wildman–Crippen MR) is 57.6 cm³/mol. The van der Waals surface area contributed by atoms with Gasteiger partial charge in [-0.3, -0.25) is 19.4 Å². The molecule has 0 amide bonds. The summed E-state index contributed by atoms with van der Waals surface area (Å²) in [7, 11) is 0. The fourth-order valence-electron chi connectivity index (χ4n) is 0.463. The summed E-state index contributed by atoms with van der Waals surface area (Å²) in [6.07, 6.45) is 0. The Balaban J connectivity index is -0.000000214. The van der Waals surface area contributed by atoms with Gasteiger partial charge in [-0.05, 0) is 0 Å². The molecule has 1 aromatic rings. The summed E-state index contributed by atoms with van der Waals surface area (Å²) in [5.74, 6) is -2.11. The molecule has 0 aromatic carbocycles. The summed E-state index contributed by atoms with van der Waals surface area (Å²) >= 11 is 0. The molecule has 0 bridgehead atoms. The summed E-state index contributed by atoms with van der Waals surface area (Å²) in [6.45, 7) is 2.17. The predicted octanol–water partition coefficient (Wildman–Crippen LogP) is -0.763. The van der Waals surface area contributed by atoms with Gasteiger partial charge in [-0.15, -0.1) is 0 Å². The van der Waals surface area contributed by atoms with Gasteiger partial charge in [0.1, 0.15) is 0 Å². The van der Waals surface area contributed by atoms with Crippen molar-refractivity contribution in [2.24, 2.45) is 0 Å². The molecule has 0 saturated carbocycles. The minimum absolute atomic E-state index is 0. The number of hydrogen-bond acceptors (Lipinski definition) is 6. The van der Waals surface area contributed by atoms with Crippen LogP contribution in [0.4, 0.5) is 5.95 Å². The maximum absolute atomic E-state index is 10.4. The quantitative estimate of drug-likeness (QED) is 0.379. The number of hydrogen-bond donors (Lipinski definition) is 5. The van der Waals surface area contributed by atoms with Crippen LogP contribution in [0, 0.1) is 0 Å². The Morgan fingerprint density at radius 3 is 1.83 bits per heavy atom. The number of nitrogen functional groups attached to an aromatic ring is 1. The summed E-state index contributed by atoms with van der Waals surface area (Å²) in [4.78, 5) is 33.8. The van der Waals surface area contributed by atoms with E-state index < -0.39 is 17.5 Å². The van der Waals surface area contributed by atoms with Crippen LogP contribution in [0.3, 0.4) is 0 Å². The zero-order valence-corrected chi connectivity index (χ0v) is 11.0. The van der Waals surface area contributed by atoms with Crippen LogP contribution in [0.15, 0.2) is 10.9 Å². The van der Waals surface area contributed by atoms with E-state index >= 15 is 0 Å². The molecule has 0 aliphatic carbocycles. The molecule has 0 spiro atoms. The van der Waals surface area contributed by atoms with E-state index in [0.717, 1.165) is 19.9 Å². The Labute approximate surface area is 115 Å². The number of aromatic nitrogens is 2. The smallest absolute Gasteiger partial charge is 0.300 e. The van der Waals surface area contributed by atoms with Gasteiger partial charge in [0.2, 0.25) is 11.8 Å². The van der Waals surface area contributed by atoms with E-state index in [-0.39, 0.29) is 32.3 Å². The first-order valence-corrected chi connectivity index (χ1v) is 4.10. The summed E-state index contributed by atoms with van der Waals surface area (Å²) in [6, 6.07) is 0.941. The molecule has 0 unspecified atom stereocenters. The number of aliphatic carboxylic acids is 2. The molecule has 0 aliphatic rings. The van der Waals surface area contributed by atoms with Crippen LogP contribution in [0.1, 0.15) is 13.8 Å². The molecular formula is C8H13N3O6Pd. The van der Waals surface area contributed by atoms with E-state index in [2.05, 4.69) is 9.97 Å². The number of rotatable bonds is 0. The molecule has 18 heavy (non-hydrogen) atoms. The first-order valence-electron chi connectivity index (χ1n) is 4.10. The monoisotopic (exact) mass is 353 g/mol. The Hall–Kier alpha value is -1.92. The molecule has 1 rings (SSSR count). The summed E-state index contributed by atoms with van der Waals surface area (Å²) < 4.78 is 0. The average molecular weight is 354 g/mol. The van der Waals surface area contributed by atoms with Crippen molar-refractivity contribution in [3.05, 3.63) is 16.4 Å². The minimum atomic E-state index is -0.833. The first-order chi connectivity index (χ1) is 7.65. The van der Waals surface area contributed by atoms with Crippen molar-refractivity contribution in [3.63, 3.8) is 0 Å². The number of H-pyrrole nitrogens is 1. The number of anilines is 1. The van der Waals surface area contributed by atoms with E-state index in [1.54, 1.807) is 0 Å². The Morgan fingerprint density at radius 1 is 1.28 bits per heavy atom. The van der Waals surface area contributed by atoms with Gasteiger partial charge in [0.05, 0.1) is 6.07 Å². The van der Waals surface area contributed by atoms with Crippen LogP contribution >= 0.6 is 0 Å². The molecule has 0 saturated heterocycles. The second-order valence-corrected chi connectivity index (χ2v) is 2.53. The van der Waals surface area contributed by atoms with Crippen LogP contribution < -0.4 is 11.3 Å². The summed E-state index contributed by atoms with van der Waals surface area (Å²) in [5.41, 5.74) is 4.57. The number of nitrogens with one attached hydrogen (secondary N) is 1. The van der Waals surface area contributed by atoms with Crippen LogP contribution in [-0.2, 0) is 30.0 Å². The number of carbonyl (C=O) groups is 2. The molecule has 0 radical (unpaired) electrons. The van der Waals surface area contributed by atoms with Crippen molar-refractivity contribution in [1.29, 1.82) is 0 Å². The maximum atomic E-state index is 10.4. The van der Waals surface area contributed by atoms with Gasteiger partial charge >= 0.3 is 0 Å². The molecule has 1 heterocycles. The standard InChI is InChI=1S/C4H5N3O2.2C2H4O2.Pd/c5-4-6-2(8)1-3(9)7-4;2*1-2(3)4;/h1H,(H4,5,6,7,8,9);2*1H3,(H,3,4);. The van der Waals surface area contributed by atoms with E-state index in [1.807, 2.05) is 0 Å². The molecule has 0 aliphatic heterocycles. The number of aromatic amines is 1. The van der Waals surface area contributed by atoms with Gasteiger partial charge < -0.3 is 21.1 Å². The normalized spacial score (nSPS) is 7.44. The van der Waals surface area contributed by atoms with Gasteiger partial charge in [0.15, 0.2) is 0 Å². The van der Waals surface area contributed by atoms with Crippen molar-refractivity contribution < 1.29 is 45.3 Å². The summed E-state index contributed by atoms with van der Waals surface area (Å²) in [5, 5.41) is 23.4. The number of nitrogens with zero attached hydrogens (tertiary/aromatic N) is 1. The largest absolute Gasteiger partial charge is 0.493 e. The Bertz CT molecular complexity index is 390. The zero-order valence-electron chi connectivity index (χ0n) is 9.48. The third-order valence-corrected chi connectivity index (χ3v) is 0.746. The fraction of sp³-hybridized carbons (Fsp3) is 0.250. The Kier molecular flexibility index (Phi) is 13.7. The Morgan fingerprint density at radius 2 is 1.61 bits per heavy atom. The van der Waals surface area contributed by atoms with Gasteiger partial charge in [-0.2, -0.15) is 4.98 Å². The van der Waals surface area contributed by atoms with Crippen LogP contribution in [0.2, 0.25) is 0 Å². The van der Waals surface area contributed by atoms with Crippen LogP contribution in [-0.4, -0.2) is 37.2 Å². The van der Waals surface area contributed by atoms with Crippen molar-refractivity contribution in [3.8, 4) is 5.88 Å². The van der Waals surface area contributed by atoms with Crippen molar-refractivity contribution in [1.82, 2.24) is 9.97 Å². The van der Waals surface area contributed by atoms with E-state index in [4.69, 9.17) is 30.6 Å². The van der Waals surface area contributed by atoms with Crippen molar-refractivity contribution in [2.75, 3.05) is 5.73 Å². The molecular weight excluding hydrogens is 341 g/mol. The maximum Gasteiger partial charge on any atom is 0.300 e. The SMILES string of the molecule is CC(=O)O.CC(=O)O.Nc1nc(O)cc(=O)[nH]1.[Pd]. The molecule has 10 heteroatoms. The first kappa shape index (κ1) is 21.4. The van der Waals surface area contributed by atoms with Crippen LogP contribution in [0.25, 0.3) is 0 Å². The number of aromatic hydroxyl groups is 1.